The van der Waals surface area contributed by atoms with Gasteiger partial charge in [-0.1, -0.05) is 12.1 Å². The molecular formula is C15H21NO5. The van der Waals surface area contributed by atoms with Crippen molar-refractivity contribution >= 4 is 11.9 Å². The summed E-state index contributed by atoms with van der Waals surface area (Å²) in [6.45, 7) is 2.10. The number of hydrogen-bond donors (Lipinski definition) is 2. The molecule has 1 atom stereocenters. The van der Waals surface area contributed by atoms with Gasteiger partial charge in [-0.05, 0) is 24.6 Å². The van der Waals surface area contributed by atoms with Gasteiger partial charge in [0.2, 0.25) is 5.91 Å². The van der Waals surface area contributed by atoms with E-state index >= 15 is 0 Å². The highest BCUT2D eigenvalue weighted by Gasteiger charge is 2.11. The van der Waals surface area contributed by atoms with Crippen molar-refractivity contribution in [2.75, 3.05) is 20.3 Å². The highest BCUT2D eigenvalue weighted by molar-refractivity contribution is 5.81. The van der Waals surface area contributed by atoms with Gasteiger partial charge in [0, 0.05) is 13.0 Å². The summed E-state index contributed by atoms with van der Waals surface area (Å²) >= 11 is 0. The van der Waals surface area contributed by atoms with Crippen molar-refractivity contribution in [1.29, 1.82) is 0 Å². The number of rotatable bonds is 8. The number of methoxy groups -OCH3 is 1. The number of ether oxygens (including phenoxy) is 2. The molecule has 0 aliphatic carbocycles. The molecule has 0 aromatic heterocycles. The van der Waals surface area contributed by atoms with Crippen LogP contribution in [-0.4, -0.2) is 37.2 Å². The summed E-state index contributed by atoms with van der Waals surface area (Å²) in [5, 5.41) is 12.5. The lowest BCUT2D eigenvalue weighted by Gasteiger charge is -2.12. The molecule has 1 aromatic carbocycles. The third-order valence-electron chi connectivity index (χ3n) is 2.85. The van der Waals surface area contributed by atoms with Crippen molar-refractivity contribution in [2.24, 2.45) is 0 Å². The van der Waals surface area contributed by atoms with Gasteiger partial charge in [-0.3, -0.25) is 9.59 Å². The van der Waals surface area contributed by atoms with Crippen LogP contribution in [0.1, 0.15) is 31.4 Å². The van der Waals surface area contributed by atoms with Crippen LogP contribution < -0.4 is 10.1 Å². The molecule has 2 N–H and O–H groups in total. The SMILES string of the molecule is CCOC(=O)CCC(=O)NCC(O)c1ccc(OC)cc1. The van der Waals surface area contributed by atoms with Gasteiger partial charge in [-0.15, -0.1) is 0 Å². The summed E-state index contributed by atoms with van der Waals surface area (Å²) in [7, 11) is 1.56. The van der Waals surface area contributed by atoms with Crippen LogP contribution in [-0.2, 0) is 14.3 Å². The minimum Gasteiger partial charge on any atom is -0.497 e. The number of aliphatic hydroxyl groups excluding tert-OH is 1. The summed E-state index contributed by atoms with van der Waals surface area (Å²) in [6, 6.07) is 6.94. The Morgan fingerprint density at radius 3 is 2.48 bits per heavy atom. The van der Waals surface area contributed by atoms with Crippen LogP contribution in [0, 0.1) is 0 Å². The second-order valence-corrected chi connectivity index (χ2v) is 4.40. The van der Waals surface area contributed by atoms with E-state index < -0.39 is 12.1 Å². The van der Waals surface area contributed by atoms with Gasteiger partial charge in [0.15, 0.2) is 0 Å². The maximum atomic E-state index is 11.5. The summed E-state index contributed by atoms with van der Waals surface area (Å²) in [5.74, 6) is 0.00314. The fourth-order valence-corrected chi connectivity index (χ4v) is 1.69. The van der Waals surface area contributed by atoms with Crippen molar-refractivity contribution in [3.8, 4) is 5.75 Å². The van der Waals surface area contributed by atoms with E-state index in [9.17, 15) is 14.7 Å². The Hall–Kier alpha value is -2.08. The van der Waals surface area contributed by atoms with Gasteiger partial charge in [-0.2, -0.15) is 0 Å². The molecule has 0 heterocycles. The van der Waals surface area contributed by atoms with Crippen LogP contribution in [0.2, 0.25) is 0 Å². The summed E-state index contributed by atoms with van der Waals surface area (Å²) < 4.78 is 9.76. The Morgan fingerprint density at radius 1 is 1.24 bits per heavy atom. The molecule has 1 aromatic rings. The normalized spacial score (nSPS) is 11.6. The molecule has 1 amide bonds. The quantitative estimate of drug-likeness (QED) is 0.704. The van der Waals surface area contributed by atoms with Gasteiger partial charge in [0.1, 0.15) is 5.75 Å². The summed E-state index contributed by atoms with van der Waals surface area (Å²) in [5.41, 5.74) is 0.682. The van der Waals surface area contributed by atoms with Crippen molar-refractivity contribution < 1.29 is 24.2 Å². The van der Waals surface area contributed by atoms with Gasteiger partial charge >= 0.3 is 5.97 Å². The van der Waals surface area contributed by atoms with Gasteiger partial charge in [0.25, 0.3) is 0 Å². The Kier molecular flexibility index (Phi) is 7.25. The Morgan fingerprint density at radius 2 is 1.90 bits per heavy atom. The molecule has 0 fully saturated rings. The zero-order chi connectivity index (χ0) is 15.7. The third-order valence-corrected chi connectivity index (χ3v) is 2.85. The van der Waals surface area contributed by atoms with Gasteiger partial charge in [-0.25, -0.2) is 0 Å². The Bertz CT molecular complexity index is 458. The standard InChI is InChI=1S/C15H21NO5/c1-3-21-15(19)9-8-14(18)16-10-13(17)11-4-6-12(20-2)7-5-11/h4-7,13,17H,3,8-10H2,1-2H3,(H,16,18). The van der Waals surface area contributed by atoms with E-state index in [1.54, 1.807) is 38.3 Å². The molecule has 0 radical (unpaired) electrons. The third kappa shape index (κ3) is 6.27. The van der Waals surface area contributed by atoms with E-state index in [1.165, 1.54) is 0 Å². The van der Waals surface area contributed by atoms with E-state index in [4.69, 9.17) is 9.47 Å². The smallest absolute Gasteiger partial charge is 0.306 e. The number of esters is 1. The van der Waals surface area contributed by atoms with Crippen LogP contribution in [0.15, 0.2) is 24.3 Å². The number of carbonyl (C=O) groups is 2. The lowest BCUT2D eigenvalue weighted by Crippen LogP contribution is -2.28. The molecule has 1 rings (SSSR count). The molecule has 116 valence electrons. The molecule has 0 aliphatic heterocycles. The van der Waals surface area contributed by atoms with Crippen molar-refractivity contribution in [1.82, 2.24) is 5.32 Å². The van der Waals surface area contributed by atoms with Gasteiger partial charge in [0.05, 0.1) is 26.2 Å². The summed E-state index contributed by atoms with van der Waals surface area (Å²) in [6.07, 6.45) is -0.714. The van der Waals surface area contributed by atoms with Crippen LogP contribution in [0.5, 0.6) is 5.75 Å². The predicted molar refractivity (Wildman–Crippen MR) is 76.8 cm³/mol. The molecule has 0 saturated carbocycles. The van der Waals surface area contributed by atoms with Gasteiger partial charge < -0.3 is 19.9 Å². The molecule has 6 heteroatoms. The Labute approximate surface area is 124 Å². The zero-order valence-electron chi connectivity index (χ0n) is 12.3. The van der Waals surface area contributed by atoms with E-state index in [-0.39, 0.29) is 25.3 Å². The highest BCUT2D eigenvalue weighted by atomic mass is 16.5. The highest BCUT2D eigenvalue weighted by Crippen LogP contribution is 2.16. The van der Waals surface area contributed by atoms with Crippen LogP contribution in [0.25, 0.3) is 0 Å². The molecule has 0 spiro atoms. The monoisotopic (exact) mass is 295 g/mol. The number of benzene rings is 1. The Balaban J connectivity index is 2.32. The molecule has 0 bridgehead atoms. The van der Waals surface area contributed by atoms with E-state index in [2.05, 4.69) is 5.32 Å². The minimum absolute atomic E-state index is 0.0400. The largest absolute Gasteiger partial charge is 0.497 e. The zero-order valence-corrected chi connectivity index (χ0v) is 12.3. The van der Waals surface area contributed by atoms with Crippen molar-refractivity contribution in [3.05, 3.63) is 29.8 Å². The number of hydrogen-bond acceptors (Lipinski definition) is 5. The topological polar surface area (TPSA) is 84.9 Å². The fraction of sp³-hybridized carbons (Fsp3) is 0.467. The molecule has 21 heavy (non-hydrogen) atoms. The second kappa shape index (κ2) is 8.97. The number of amides is 1. The van der Waals surface area contributed by atoms with Crippen LogP contribution >= 0.6 is 0 Å². The number of aliphatic hydroxyl groups is 1. The minimum atomic E-state index is -0.803. The van der Waals surface area contributed by atoms with Crippen LogP contribution in [0.4, 0.5) is 0 Å². The van der Waals surface area contributed by atoms with E-state index in [0.717, 1.165) is 0 Å². The lowest BCUT2D eigenvalue weighted by atomic mass is 10.1. The first kappa shape index (κ1) is 17.0. The molecule has 0 aliphatic rings. The number of nitrogens with one attached hydrogen (secondary N) is 1. The first-order valence-electron chi connectivity index (χ1n) is 6.81. The maximum Gasteiger partial charge on any atom is 0.306 e. The average molecular weight is 295 g/mol. The maximum absolute atomic E-state index is 11.5. The molecular weight excluding hydrogens is 274 g/mol. The average Bonchev–Trinajstić information content (AvgIpc) is 2.51. The lowest BCUT2D eigenvalue weighted by molar-refractivity contribution is -0.144. The first-order chi connectivity index (χ1) is 10.1. The van der Waals surface area contributed by atoms with Crippen LogP contribution in [0.3, 0.4) is 0 Å². The molecule has 1 unspecified atom stereocenters. The number of carbonyl (C=O) groups excluding carboxylic acids is 2. The van der Waals surface area contributed by atoms with E-state index in [1.807, 2.05) is 0 Å². The summed E-state index contributed by atoms with van der Waals surface area (Å²) in [4.78, 5) is 22.6. The van der Waals surface area contributed by atoms with Crippen molar-refractivity contribution in [2.45, 2.75) is 25.9 Å². The molecule has 6 nitrogen and oxygen atoms in total. The first-order valence-corrected chi connectivity index (χ1v) is 6.81. The predicted octanol–water partition coefficient (Wildman–Crippen LogP) is 1.19. The second-order valence-electron chi connectivity index (χ2n) is 4.40. The fourth-order valence-electron chi connectivity index (χ4n) is 1.69. The molecule has 0 saturated heterocycles. The van der Waals surface area contributed by atoms with Crippen molar-refractivity contribution in [3.63, 3.8) is 0 Å². The van der Waals surface area contributed by atoms with E-state index in [0.29, 0.717) is 17.9 Å².